The molecule has 1 saturated heterocycles. The first-order valence-electron chi connectivity index (χ1n) is 13.5. The maximum Gasteiger partial charge on any atom is 0.263 e. The van der Waals surface area contributed by atoms with Crippen LogP contribution in [0.3, 0.4) is 0 Å². The minimum Gasteiger partial charge on any atom is -0.492 e. The molecule has 38 heavy (non-hydrogen) atoms. The van der Waals surface area contributed by atoms with E-state index in [1.54, 1.807) is 36.5 Å². The summed E-state index contributed by atoms with van der Waals surface area (Å²) in [5.74, 6) is 0.572. The Morgan fingerprint density at radius 2 is 1.84 bits per heavy atom. The lowest BCUT2D eigenvalue weighted by Crippen LogP contribution is -2.43. The fourth-order valence-corrected chi connectivity index (χ4v) is 4.97. The number of amides is 1. The predicted molar refractivity (Wildman–Crippen MR) is 152 cm³/mol. The van der Waals surface area contributed by atoms with Crippen molar-refractivity contribution in [2.45, 2.75) is 71.4 Å². The standard InChI is InChI=1S/C29H38ClN5O3/c1-29(2,3)33-25(36)20-35-27(21-11-9-12-22(30)17-21)32-26-24(28(35)37)18-23(19-31-26)38-16-10-15-34-13-7-5-4-6-8-14-34/h9,11-12,17-19H,4-8,10,13-16,20H2,1-3H3,(H,33,36). The summed E-state index contributed by atoms with van der Waals surface area (Å²) in [5, 5.41) is 3.73. The van der Waals surface area contributed by atoms with Crippen molar-refractivity contribution in [1.29, 1.82) is 0 Å². The number of pyridine rings is 1. The van der Waals surface area contributed by atoms with Gasteiger partial charge in [0.2, 0.25) is 5.91 Å². The number of nitrogens with one attached hydrogen (secondary N) is 1. The molecule has 1 aromatic carbocycles. The van der Waals surface area contributed by atoms with Crippen LogP contribution in [-0.2, 0) is 11.3 Å². The van der Waals surface area contributed by atoms with E-state index in [0.29, 0.717) is 39.8 Å². The van der Waals surface area contributed by atoms with E-state index in [-0.39, 0.29) is 18.0 Å². The molecule has 0 spiro atoms. The molecule has 3 aromatic rings. The second kappa shape index (κ2) is 12.7. The molecule has 9 heteroatoms. The molecular formula is C29H38ClN5O3. The summed E-state index contributed by atoms with van der Waals surface area (Å²) in [6.45, 7) is 9.35. The third-order valence-electron chi connectivity index (χ3n) is 6.52. The van der Waals surface area contributed by atoms with Crippen LogP contribution < -0.4 is 15.6 Å². The Labute approximate surface area is 229 Å². The summed E-state index contributed by atoms with van der Waals surface area (Å²) in [4.78, 5) is 38.1. The highest BCUT2D eigenvalue weighted by Gasteiger charge is 2.20. The highest BCUT2D eigenvalue weighted by molar-refractivity contribution is 6.30. The number of fused-ring (bicyclic) bond motifs is 1. The number of likely N-dealkylation sites (tertiary alicyclic amines) is 1. The number of carbonyl (C=O) groups is 1. The second-order valence-electron chi connectivity index (χ2n) is 11.0. The molecule has 2 aromatic heterocycles. The number of halogens is 1. The number of rotatable bonds is 8. The van der Waals surface area contributed by atoms with Crippen molar-refractivity contribution in [2.24, 2.45) is 0 Å². The van der Waals surface area contributed by atoms with Crippen LogP contribution in [0, 0.1) is 0 Å². The lowest BCUT2D eigenvalue weighted by Gasteiger charge is -2.24. The lowest BCUT2D eigenvalue weighted by atomic mass is 10.1. The van der Waals surface area contributed by atoms with E-state index in [1.165, 1.54) is 36.7 Å². The van der Waals surface area contributed by atoms with Crippen molar-refractivity contribution < 1.29 is 9.53 Å². The van der Waals surface area contributed by atoms with Gasteiger partial charge in [0.15, 0.2) is 5.65 Å². The Kier molecular flexibility index (Phi) is 9.39. The van der Waals surface area contributed by atoms with Gasteiger partial charge in [-0.2, -0.15) is 0 Å². The normalized spacial score (nSPS) is 15.2. The zero-order chi connectivity index (χ0) is 27.1. The largest absolute Gasteiger partial charge is 0.492 e. The van der Waals surface area contributed by atoms with Crippen molar-refractivity contribution >= 4 is 28.5 Å². The van der Waals surface area contributed by atoms with Gasteiger partial charge in [-0.05, 0) is 71.3 Å². The summed E-state index contributed by atoms with van der Waals surface area (Å²) in [5.41, 5.74) is 0.139. The van der Waals surface area contributed by atoms with Gasteiger partial charge in [0.05, 0.1) is 18.2 Å². The average Bonchev–Trinajstić information content (AvgIpc) is 2.83. The zero-order valence-corrected chi connectivity index (χ0v) is 23.4. The zero-order valence-electron chi connectivity index (χ0n) is 22.6. The van der Waals surface area contributed by atoms with Crippen molar-refractivity contribution in [1.82, 2.24) is 24.8 Å². The second-order valence-corrected chi connectivity index (χ2v) is 11.4. The van der Waals surface area contributed by atoms with Crippen molar-refractivity contribution in [3.8, 4) is 17.1 Å². The summed E-state index contributed by atoms with van der Waals surface area (Å²) in [6, 6.07) is 8.73. The monoisotopic (exact) mass is 539 g/mol. The van der Waals surface area contributed by atoms with Gasteiger partial charge in [-0.25, -0.2) is 9.97 Å². The summed E-state index contributed by atoms with van der Waals surface area (Å²) < 4.78 is 7.35. The molecule has 1 aliphatic heterocycles. The van der Waals surface area contributed by atoms with E-state index in [2.05, 4.69) is 20.2 Å². The maximum absolute atomic E-state index is 13.7. The number of benzene rings is 1. The molecule has 0 unspecified atom stereocenters. The summed E-state index contributed by atoms with van der Waals surface area (Å²) >= 11 is 6.21. The Balaban J connectivity index is 1.56. The van der Waals surface area contributed by atoms with Crippen LogP contribution in [0.1, 0.15) is 59.3 Å². The van der Waals surface area contributed by atoms with Gasteiger partial charge in [-0.1, -0.05) is 43.0 Å². The first-order valence-corrected chi connectivity index (χ1v) is 13.9. The van der Waals surface area contributed by atoms with Crippen LogP contribution in [0.5, 0.6) is 5.75 Å². The Hall–Kier alpha value is -2.97. The highest BCUT2D eigenvalue weighted by atomic mass is 35.5. The number of hydrogen-bond donors (Lipinski definition) is 1. The third-order valence-corrected chi connectivity index (χ3v) is 6.75. The average molecular weight is 540 g/mol. The van der Waals surface area contributed by atoms with Crippen molar-refractivity contribution in [3.63, 3.8) is 0 Å². The Morgan fingerprint density at radius 3 is 2.55 bits per heavy atom. The minimum absolute atomic E-state index is 0.179. The van der Waals surface area contributed by atoms with Gasteiger partial charge >= 0.3 is 0 Å². The van der Waals surface area contributed by atoms with Gasteiger partial charge in [0, 0.05) is 22.7 Å². The van der Waals surface area contributed by atoms with Gasteiger partial charge in [0.25, 0.3) is 5.56 Å². The molecule has 0 atom stereocenters. The molecule has 204 valence electrons. The Morgan fingerprint density at radius 1 is 1.11 bits per heavy atom. The maximum atomic E-state index is 13.7. The molecule has 4 rings (SSSR count). The van der Waals surface area contributed by atoms with Gasteiger partial charge in [-0.3, -0.25) is 14.2 Å². The topological polar surface area (TPSA) is 89.3 Å². The molecule has 1 amide bonds. The van der Waals surface area contributed by atoms with Crippen LogP contribution in [0.2, 0.25) is 5.02 Å². The minimum atomic E-state index is -0.434. The first-order chi connectivity index (χ1) is 18.2. The molecule has 8 nitrogen and oxygen atoms in total. The first kappa shape index (κ1) is 28.0. The van der Waals surface area contributed by atoms with E-state index < -0.39 is 5.54 Å². The molecular weight excluding hydrogens is 502 g/mol. The van der Waals surface area contributed by atoms with Gasteiger partial charge in [0.1, 0.15) is 18.1 Å². The number of aromatic nitrogens is 3. The van der Waals surface area contributed by atoms with Crippen molar-refractivity contribution in [3.05, 3.63) is 51.9 Å². The number of carbonyl (C=O) groups excluding carboxylic acids is 1. The number of nitrogens with zero attached hydrogens (tertiary/aromatic N) is 4. The molecule has 3 heterocycles. The summed E-state index contributed by atoms with van der Waals surface area (Å²) in [6.07, 6.45) is 9.02. The molecule has 1 aliphatic rings. The SMILES string of the molecule is CC(C)(C)NC(=O)Cn1c(-c2cccc(Cl)c2)nc2ncc(OCCCN3CCCCCCC3)cc2c1=O. The predicted octanol–water partition coefficient (Wildman–Crippen LogP) is 5.06. The van der Waals surface area contributed by atoms with Gasteiger partial charge < -0.3 is 15.0 Å². The molecule has 1 fully saturated rings. The fraction of sp³-hybridized carbons (Fsp3) is 0.517. The molecule has 0 saturated carbocycles. The number of hydrogen-bond acceptors (Lipinski definition) is 6. The molecule has 0 radical (unpaired) electrons. The van der Waals surface area contributed by atoms with Crippen LogP contribution in [0.25, 0.3) is 22.4 Å². The molecule has 1 N–H and O–H groups in total. The van der Waals surface area contributed by atoms with Crippen LogP contribution in [0.4, 0.5) is 0 Å². The number of ether oxygens (including phenoxy) is 1. The highest BCUT2D eigenvalue weighted by Crippen LogP contribution is 2.23. The smallest absolute Gasteiger partial charge is 0.263 e. The third kappa shape index (κ3) is 7.77. The van der Waals surface area contributed by atoms with E-state index in [4.69, 9.17) is 16.3 Å². The van der Waals surface area contributed by atoms with E-state index in [9.17, 15) is 9.59 Å². The molecule has 0 aliphatic carbocycles. The van der Waals surface area contributed by atoms with Crippen LogP contribution >= 0.6 is 11.6 Å². The van der Waals surface area contributed by atoms with Crippen LogP contribution in [-0.4, -0.2) is 57.1 Å². The van der Waals surface area contributed by atoms with E-state index in [1.807, 2.05) is 20.8 Å². The fourth-order valence-electron chi connectivity index (χ4n) is 4.78. The molecule has 0 bridgehead atoms. The van der Waals surface area contributed by atoms with E-state index in [0.717, 1.165) is 26.1 Å². The summed E-state index contributed by atoms with van der Waals surface area (Å²) in [7, 11) is 0. The van der Waals surface area contributed by atoms with Crippen LogP contribution in [0.15, 0.2) is 41.3 Å². The van der Waals surface area contributed by atoms with Gasteiger partial charge in [-0.15, -0.1) is 0 Å². The lowest BCUT2D eigenvalue weighted by molar-refractivity contribution is -0.123. The van der Waals surface area contributed by atoms with E-state index >= 15 is 0 Å². The quantitative estimate of drug-likeness (QED) is 0.402. The Bertz CT molecular complexity index is 1310. The van der Waals surface area contributed by atoms with Crippen molar-refractivity contribution in [2.75, 3.05) is 26.2 Å².